The first kappa shape index (κ1) is 16.8. The third kappa shape index (κ3) is 4.37. The number of aromatic nitrogens is 2. The van der Waals surface area contributed by atoms with Gasteiger partial charge in [-0.05, 0) is 0 Å². The molecule has 1 heterocycles. The van der Waals surface area contributed by atoms with Gasteiger partial charge in [-0.1, -0.05) is 11.8 Å². The lowest BCUT2D eigenvalue weighted by atomic mass is 10.3. The van der Waals surface area contributed by atoms with Gasteiger partial charge in [0.1, 0.15) is 0 Å². The van der Waals surface area contributed by atoms with Gasteiger partial charge in [0.05, 0.1) is 32.1 Å². The molecule has 0 saturated carbocycles. The van der Waals surface area contributed by atoms with E-state index in [-0.39, 0.29) is 16.9 Å². The molecule has 20 heavy (non-hydrogen) atoms. The minimum absolute atomic E-state index is 0.0541. The summed E-state index contributed by atoms with van der Waals surface area (Å²) in [5, 5.41) is 6.94. The molecule has 0 aromatic carbocycles. The summed E-state index contributed by atoms with van der Waals surface area (Å²) in [7, 11) is 2.60. The van der Waals surface area contributed by atoms with E-state index in [0.717, 1.165) is 0 Å². The second kappa shape index (κ2) is 6.93. The SMILES string of the molecule is COc1cc(OC)nc(SC(CO)C(F)C(F)(F)F)n1. The predicted molar refractivity (Wildman–Crippen MR) is 62.8 cm³/mol. The highest BCUT2D eigenvalue weighted by molar-refractivity contribution is 7.99. The number of hydrogen-bond donors (Lipinski definition) is 1. The maximum atomic E-state index is 13.2. The second-order valence-corrected chi connectivity index (χ2v) is 4.72. The van der Waals surface area contributed by atoms with E-state index in [0.29, 0.717) is 11.8 Å². The highest BCUT2D eigenvalue weighted by Crippen LogP contribution is 2.34. The van der Waals surface area contributed by atoms with Crippen LogP contribution in [0.25, 0.3) is 0 Å². The third-order valence-corrected chi connectivity index (χ3v) is 3.24. The molecule has 114 valence electrons. The van der Waals surface area contributed by atoms with Gasteiger partial charge in [-0.25, -0.2) is 4.39 Å². The van der Waals surface area contributed by atoms with Crippen molar-refractivity contribution >= 4 is 11.8 Å². The lowest BCUT2D eigenvalue weighted by Crippen LogP contribution is -2.36. The van der Waals surface area contributed by atoms with Crippen LogP contribution in [-0.2, 0) is 0 Å². The molecule has 0 amide bonds. The van der Waals surface area contributed by atoms with Crippen molar-refractivity contribution in [1.29, 1.82) is 0 Å². The highest BCUT2D eigenvalue weighted by Gasteiger charge is 2.46. The minimum atomic E-state index is -5.07. The lowest BCUT2D eigenvalue weighted by Gasteiger charge is -2.20. The minimum Gasteiger partial charge on any atom is -0.481 e. The Morgan fingerprint density at radius 1 is 1.25 bits per heavy atom. The van der Waals surface area contributed by atoms with E-state index in [4.69, 9.17) is 14.6 Å². The summed E-state index contributed by atoms with van der Waals surface area (Å²) >= 11 is 0.356. The number of methoxy groups -OCH3 is 2. The van der Waals surface area contributed by atoms with Crippen LogP contribution in [0, 0.1) is 0 Å². The Kier molecular flexibility index (Phi) is 5.81. The van der Waals surface area contributed by atoms with Gasteiger partial charge in [0.2, 0.25) is 17.9 Å². The van der Waals surface area contributed by atoms with Crippen LogP contribution in [0.5, 0.6) is 11.8 Å². The molecule has 10 heteroatoms. The molecule has 0 aliphatic heterocycles. The Morgan fingerprint density at radius 2 is 1.75 bits per heavy atom. The van der Waals surface area contributed by atoms with Crippen molar-refractivity contribution < 1.29 is 32.1 Å². The molecular formula is C10H12F4N2O3S. The molecule has 0 fully saturated rings. The van der Waals surface area contributed by atoms with Crippen molar-refractivity contribution in [3.8, 4) is 11.8 Å². The topological polar surface area (TPSA) is 64.5 Å². The smallest absolute Gasteiger partial charge is 0.420 e. The Balaban J connectivity index is 2.95. The van der Waals surface area contributed by atoms with Gasteiger partial charge in [-0.15, -0.1) is 0 Å². The number of aliphatic hydroxyl groups excluding tert-OH is 1. The average Bonchev–Trinajstić information content (AvgIpc) is 2.42. The van der Waals surface area contributed by atoms with Crippen LogP contribution in [0.3, 0.4) is 0 Å². The Hall–Kier alpha value is -1.29. The molecule has 0 saturated heterocycles. The van der Waals surface area contributed by atoms with Crippen LogP contribution in [0.1, 0.15) is 0 Å². The third-order valence-electron chi connectivity index (χ3n) is 2.15. The monoisotopic (exact) mass is 316 g/mol. The first-order valence-corrected chi connectivity index (χ1v) is 6.15. The molecule has 0 radical (unpaired) electrons. The standard InChI is InChI=1S/C10H12F4N2O3S/c1-18-6-3-7(19-2)16-9(15-6)20-5(4-17)8(11)10(12,13)14/h3,5,8,17H,4H2,1-2H3. The zero-order valence-electron chi connectivity index (χ0n) is 10.5. The van der Waals surface area contributed by atoms with Gasteiger partial charge < -0.3 is 14.6 Å². The first-order valence-electron chi connectivity index (χ1n) is 5.27. The maximum absolute atomic E-state index is 13.2. The quantitative estimate of drug-likeness (QED) is 0.491. The highest BCUT2D eigenvalue weighted by atomic mass is 32.2. The zero-order valence-corrected chi connectivity index (χ0v) is 11.3. The number of alkyl halides is 4. The number of hydrogen-bond acceptors (Lipinski definition) is 6. The first-order chi connectivity index (χ1) is 9.31. The summed E-state index contributed by atoms with van der Waals surface area (Å²) in [6.07, 6.45) is -8.26. The van der Waals surface area contributed by atoms with Crippen LogP contribution >= 0.6 is 11.8 Å². The van der Waals surface area contributed by atoms with Gasteiger partial charge in [-0.3, -0.25) is 0 Å². The summed E-state index contributed by atoms with van der Waals surface area (Å²) in [5.41, 5.74) is 0. The number of thioether (sulfide) groups is 1. The fraction of sp³-hybridized carbons (Fsp3) is 0.600. The number of nitrogens with zero attached hydrogens (tertiary/aromatic N) is 2. The van der Waals surface area contributed by atoms with E-state index < -0.39 is 24.2 Å². The number of aliphatic hydroxyl groups is 1. The zero-order chi connectivity index (χ0) is 15.3. The maximum Gasteiger partial charge on any atom is 0.420 e. The predicted octanol–water partition coefficient (Wildman–Crippen LogP) is 1.85. The van der Waals surface area contributed by atoms with Crippen molar-refractivity contribution in [1.82, 2.24) is 9.97 Å². The van der Waals surface area contributed by atoms with E-state index in [1.165, 1.54) is 20.3 Å². The molecule has 0 spiro atoms. The molecule has 0 bridgehead atoms. The molecule has 0 aliphatic carbocycles. The molecule has 1 N–H and O–H groups in total. The number of ether oxygens (including phenoxy) is 2. The normalized spacial score (nSPS) is 14.8. The fourth-order valence-corrected chi connectivity index (χ4v) is 2.09. The van der Waals surface area contributed by atoms with E-state index in [1.807, 2.05) is 0 Å². The lowest BCUT2D eigenvalue weighted by molar-refractivity contribution is -0.181. The summed E-state index contributed by atoms with van der Waals surface area (Å²) in [5.74, 6) is 0.108. The molecular weight excluding hydrogens is 304 g/mol. The molecule has 0 aliphatic rings. The van der Waals surface area contributed by atoms with Crippen LogP contribution in [-0.4, -0.2) is 53.5 Å². The fourth-order valence-electron chi connectivity index (χ4n) is 1.18. The molecule has 5 nitrogen and oxygen atoms in total. The van der Waals surface area contributed by atoms with Crippen LogP contribution in [0.4, 0.5) is 17.6 Å². The average molecular weight is 316 g/mol. The van der Waals surface area contributed by atoms with Crippen molar-refractivity contribution in [2.45, 2.75) is 22.8 Å². The van der Waals surface area contributed by atoms with E-state index in [2.05, 4.69) is 9.97 Å². The molecule has 2 atom stereocenters. The van der Waals surface area contributed by atoms with Gasteiger partial charge in [0.15, 0.2) is 5.16 Å². The van der Waals surface area contributed by atoms with Crippen molar-refractivity contribution in [2.75, 3.05) is 20.8 Å². The van der Waals surface area contributed by atoms with Gasteiger partial charge in [0, 0.05) is 0 Å². The second-order valence-electron chi connectivity index (χ2n) is 3.52. The summed E-state index contributed by atoms with van der Waals surface area (Å²) in [6.45, 7) is -1.02. The molecule has 1 aromatic rings. The van der Waals surface area contributed by atoms with Crippen LogP contribution in [0.2, 0.25) is 0 Å². The van der Waals surface area contributed by atoms with E-state index in [9.17, 15) is 17.6 Å². The summed E-state index contributed by atoms with van der Waals surface area (Å²) in [6, 6.07) is 1.31. The van der Waals surface area contributed by atoms with E-state index >= 15 is 0 Å². The number of rotatable bonds is 6. The van der Waals surface area contributed by atoms with Crippen LogP contribution in [0.15, 0.2) is 11.2 Å². The largest absolute Gasteiger partial charge is 0.481 e. The van der Waals surface area contributed by atoms with Gasteiger partial charge >= 0.3 is 6.18 Å². The van der Waals surface area contributed by atoms with Crippen molar-refractivity contribution in [3.63, 3.8) is 0 Å². The van der Waals surface area contributed by atoms with Gasteiger partial charge in [-0.2, -0.15) is 23.1 Å². The Bertz CT molecular complexity index is 425. The Morgan fingerprint density at radius 3 is 2.10 bits per heavy atom. The summed E-state index contributed by atoms with van der Waals surface area (Å²) < 4.78 is 59.7. The Labute approximate surface area is 116 Å². The number of halogens is 4. The molecule has 2 unspecified atom stereocenters. The van der Waals surface area contributed by atoms with Crippen LogP contribution < -0.4 is 9.47 Å². The summed E-state index contributed by atoms with van der Waals surface area (Å²) in [4.78, 5) is 7.51. The molecule has 1 aromatic heterocycles. The van der Waals surface area contributed by atoms with Crippen molar-refractivity contribution in [3.05, 3.63) is 6.07 Å². The van der Waals surface area contributed by atoms with Crippen molar-refractivity contribution in [2.24, 2.45) is 0 Å². The van der Waals surface area contributed by atoms with E-state index in [1.54, 1.807) is 0 Å². The van der Waals surface area contributed by atoms with Gasteiger partial charge in [0.25, 0.3) is 0 Å². The molecule has 1 rings (SSSR count).